The van der Waals surface area contributed by atoms with Gasteiger partial charge in [0.05, 0.1) is 10.6 Å². The van der Waals surface area contributed by atoms with Gasteiger partial charge in [0, 0.05) is 29.1 Å². The number of halogens is 2. The number of rotatable bonds is 8. The van der Waals surface area contributed by atoms with E-state index in [0.717, 1.165) is 24.3 Å². The monoisotopic (exact) mass is 460 g/mol. The lowest BCUT2D eigenvalue weighted by atomic mass is 10.0. The van der Waals surface area contributed by atoms with Crippen LogP contribution in [0.1, 0.15) is 22.3 Å². The molecule has 0 heterocycles. The molecule has 0 spiro atoms. The van der Waals surface area contributed by atoms with E-state index in [1.54, 1.807) is 30.3 Å². The van der Waals surface area contributed by atoms with Gasteiger partial charge in [0.15, 0.2) is 5.78 Å². The van der Waals surface area contributed by atoms with Gasteiger partial charge < -0.3 is 5.32 Å². The number of carbonyl (C=O) groups excluding carboxylic acids is 2. The van der Waals surface area contributed by atoms with Gasteiger partial charge in [-0.25, -0.2) is 17.5 Å². The van der Waals surface area contributed by atoms with Gasteiger partial charge in [-0.05, 0) is 42.5 Å². The number of benzene rings is 3. The Balaban J connectivity index is 1.66. The molecule has 0 aromatic heterocycles. The standard InChI is InChI=1S/C22H18ClFN2O4S/c23-16-6-11-20(19(14-16)22(28)15-4-2-1-3-5-15)26-21(27)12-13-25-31(29,30)18-9-7-17(24)8-10-18/h1-11,14,25H,12-13H2,(H,26,27). The van der Waals surface area contributed by atoms with Crippen LogP contribution in [0.5, 0.6) is 0 Å². The van der Waals surface area contributed by atoms with Crippen LogP contribution in [0.15, 0.2) is 77.7 Å². The van der Waals surface area contributed by atoms with E-state index < -0.39 is 21.7 Å². The fourth-order valence-electron chi connectivity index (χ4n) is 2.77. The quantitative estimate of drug-likeness (QED) is 0.497. The van der Waals surface area contributed by atoms with Crippen molar-refractivity contribution in [2.75, 3.05) is 11.9 Å². The predicted molar refractivity (Wildman–Crippen MR) is 116 cm³/mol. The van der Waals surface area contributed by atoms with E-state index >= 15 is 0 Å². The number of hydrogen-bond donors (Lipinski definition) is 2. The molecule has 160 valence electrons. The highest BCUT2D eigenvalue weighted by molar-refractivity contribution is 7.89. The zero-order valence-corrected chi connectivity index (χ0v) is 17.7. The number of anilines is 1. The molecule has 31 heavy (non-hydrogen) atoms. The third-order valence-corrected chi connectivity index (χ3v) is 6.02. The van der Waals surface area contributed by atoms with Crippen molar-refractivity contribution in [1.82, 2.24) is 4.72 Å². The molecule has 9 heteroatoms. The molecule has 0 fully saturated rings. The Labute approximate surface area is 184 Å². The summed E-state index contributed by atoms with van der Waals surface area (Å²) in [6, 6.07) is 17.4. The maximum absolute atomic E-state index is 13.0. The largest absolute Gasteiger partial charge is 0.325 e. The van der Waals surface area contributed by atoms with Crippen molar-refractivity contribution in [2.24, 2.45) is 0 Å². The topological polar surface area (TPSA) is 92.3 Å². The molecule has 0 unspecified atom stereocenters. The molecule has 0 saturated heterocycles. The molecular weight excluding hydrogens is 443 g/mol. The lowest BCUT2D eigenvalue weighted by molar-refractivity contribution is -0.116. The SMILES string of the molecule is O=C(CCNS(=O)(=O)c1ccc(F)cc1)Nc1ccc(Cl)cc1C(=O)c1ccccc1. The Bertz CT molecular complexity index is 1200. The van der Waals surface area contributed by atoms with Crippen molar-refractivity contribution in [1.29, 1.82) is 0 Å². The number of hydrogen-bond acceptors (Lipinski definition) is 4. The van der Waals surface area contributed by atoms with Crippen LogP contribution in [0.3, 0.4) is 0 Å². The van der Waals surface area contributed by atoms with Gasteiger partial charge in [0.25, 0.3) is 0 Å². The highest BCUT2D eigenvalue weighted by atomic mass is 35.5. The van der Waals surface area contributed by atoms with E-state index in [-0.39, 0.29) is 34.9 Å². The predicted octanol–water partition coefficient (Wildman–Crippen LogP) is 4.02. The summed E-state index contributed by atoms with van der Waals surface area (Å²) < 4.78 is 39.6. The molecule has 1 amide bonds. The summed E-state index contributed by atoms with van der Waals surface area (Å²) in [4.78, 5) is 25.0. The lowest BCUT2D eigenvalue weighted by Crippen LogP contribution is -2.28. The van der Waals surface area contributed by atoms with E-state index in [4.69, 9.17) is 11.6 Å². The van der Waals surface area contributed by atoms with Gasteiger partial charge in [-0.3, -0.25) is 9.59 Å². The Morgan fingerprint density at radius 2 is 1.61 bits per heavy atom. The van der Waals surface area contributed by atoms with Crippen LogP contribution in [0.25, 0.3) is 0 Å². The molecule has 6 nitrogen and oxygen atoms in total. The second kappa shape index (κ2) is 9.82. The molecule has 0 radical (unpaired) electrons. The van der Waals surface area contributed by atoms with Gasteiger partial charge in [-0.2, -0.15) is 0 Å². The summed E-state index contributed by atoms with van der Waals surface area (Å²) in [5.74, 6) is -1.36. The number of sulfonamides is 1. The van der Waals surface area contributed by atoms with E-state index in [2.05, 4.69) is 10.0 Å². The van der Waals surface area contributed by atoms with Gasteiger partial charge in [-0.1, -0.05) is 41.9 Å². The van der Waals surface area contributed by atoms with Gasteiger partial charge >= 0.3 is 0 Å². The zero-order valence-electron chi connectivity index (χ0n) is 16.1. The van der Waals surface area contributed by atoms with Crippen molar-refractivity contribution >= 4 is 39.0 Å². The fraction of sp³-hybridized carbons (Fsp3) is 0.0909. The van der Waals surface area contributed by atoms with Crippen LogP contribution in [0.4, 0.5) is 10.1 Å². The minimum Gasteiger partial charge on any atom is -0.325 e. The molecule has 3 rings (SSSR count). The molecule has 0 bridgehead atoms. The number of amides is 1. The highest BCUT2D eigenvalue weighted by Gasteiger charge is 2.17. The maximum atomic E-state index is 13.0. The van der Waals surface area contributed by atoms with Crippen molar-refractivity contribution in [3.8, 4) is 0 Å². The summed E-state index contributed by atoms with van der Waals surface area (Å²) in [6.07, 6.45) is -0.179. The Morgan fingerprint density at radius 3 is 2.29 bits per heavy atom. The van der Waals surface area contributed by atoms with Crippen molar-refractivity contribution in [2.45, 2.75) is 11.3 Å². The van der Waals surface area contributed by atoms with Crippen LogP contribution in [0.2, 0.25) is 5.02 Å². The zero-order chi connectivity index (χ0) is 22.4. The number of carbonyl (C=O) groups is 2. The van der Waals surface area contributed by atoms with Crippen molar-refractivity contribution in [3.05, 3.63) is 94.8 Å². The highest BCUT2D eigenvalue weighted by Crippen LogP contribution is 2.24. The molecule has 2 N–H and O–H groups in total. The molecule has 0 aliphatic heterocycles. The second-order valence-corrected chi connectivity index (χ2v) is 8.74. The minimum atomic E-state index is -3.88. The van der Waals surface area contributed by atoms with Crippen LogP contribution in [-0.2, 0) is 14.8 Å². The average molecular weight is 461 g/mol. The maximum Gasteiger partial charge on any atom is 0.240 e. The first-order valence-corrected chi connectivity index (χ1v) is 11.1. The van der Waals surface area contributed by atoms with Crippen LogP contribution >= 0.6 is 11.6 Å². The van der Waals surface area contributed by atoms with E-state index in [0.29, 0.717) is 10.6 Å². The Kier molecular flexibility index (Phi) is 7.17. The summed E-state index contributed by atoms with van der Waals surface area (Å²) >= 11 is 6.02. The third-order valence-electron chi connectivity index (χ3n) is 4.30. The molecule has 0 saturated carbocycles. The Hall–Kier alpha value is -3.07. The molecule has 3 aromatic rings. The molecule has 0 atom stereocenters. The van der Waals surface area contributed by atoms with Crippen LogP contribution in [0, 0.1) is 5.82 Å². The van der Waals surface area contributed by atoms with Crippen molar-refractivity contribution < 1.29 is 22.4 Å². The van der Waals surface area contributed by atoms with Gasteiger partial charge in [0.1, 0.15) is 5.82 Å². The number of nitrogens with one attached hydrogen (secondary N) is 2. The minimum absolute atomic E-state index is 0.109. The summed E-state index contributed by atoms with van der Waals surface area (Å²) in [5, 5.41) is 2.96. The van der Waals surface area contributed by atoms with E-state index in [1.165, 1.54) is 18.2 Å². The van der Waals surface area contributed by atoms with E-state index in [1.807, 2.05) is 0 Å². The molecular formula is C22H18ClFN2O4S. The first-order valence-electron chi connectivity index (χ1n) is 9.20. The summed E-state index contributed by atoms with van der Waals surface area (Å²) in [5.41, 5.74) is 0.927. The van der Waals surface area contributed by atoms with E-state index in [9.17, 15) is 22.4 Å². The van der Waals surface area contributed by atoms with Crippen LogP contribution < -0.4 is 10.0 Å². The number of ketones is 1. The third kappa shape index (κ3) is 5.97. The summed E-state index contributed by atoms with van der Waals surface area (Å²) in [7, 11) is -3.88. The first kappa shape index (κ1) is 22.6. The average Bonchev–Trinajstić information content (AvgIpc) is 2.75. The molecule has 0 aliphatic carbocycles. The Morgan fingerprint density at radius 1 is 0.935 bits per heavy atom. The molecule has 0 aliphatic rings. The normalized spacial score (nSPS) is 11.2. The molecule has 3 aromatic carbocycles. The van der Waals surface area contributed by atoms with Crippen LogP contribution in [-0.4, -0.2) is 26.7 Å². The second-order valence-electron chi connectivity index (χ2n) is 6.53. The fourth-order valence-corrected chi connectivity index (χ4v) is 3.97. The first-order chi connectivity index (χ1) is 14.8. The van der Waals surface area contributed by atoms with Crippen molar-refractivity contribution in [3.63, 3.8) is 0 Å². The van der Waals surface area contributed by atoms with Gasteiger partial charge in [-0.15, -0.1) is 0 Å². The summed E-state index contributed by atoms with van der Waals surface area (Å²) in [6.45, 7) is -0.179. The van der Waals surface area contributed by atoms with Gasteiger partial charge in [0.2, 0.25) is 15.9 Å². The lowest BCUT2D eigenvalue weighted by Gasteiger charge is -2.12. The smallest absolute Gasteiger partial charge is 0.240 e.